The number of hydrogen-bond donors (Lipinski definition) is 0. The van der Waals surface area contributed by atoms with Crippen LogP contribution in [-0.2, 0) is 9.31 Å². The summed E-state index contributed by atoms with van der Waals surface area (Å²) in [6.07, 6.45) is 0. The van der Waals surface area contributed by atoms with E-state index in [1.54, 1.807) is 0 Å². The van der Waals surface area contributed by atoms with Crippen LogP contribution in [-0.4, -0.2) is 22.1 Å². The molecule has 0 unspecified atom stereocenters. The van der Waals surface area contributed by atoms with Gasteiger partial charge in [-0.3, -0.25) is 4.40 Å². The lowest BCUT2D eigenvalue weighted by Gasteiger charge is -2.17. The summed E-state index contributed by atoms with van der Waals surface area (Å²) in [5, 5.41) is 5.69. The van der Waals surface area contributed by atoms with Gasteiger partial charge in [-0.15, -0.1) is 0 Å². The minimum Gasteiger partial charge on any atom is -0.534 e. The van der Waals surface area contributed by atoms with Crippen molar-refractivity contribution in [2.45, 2.75) is 19.4 Å². The van der Waals surface area contributed by atoms with Gasteiger partial charge in [-0.25, -0.2) is 4.98 Å². The molecule has 1 saturated heterocycles. The number of aromatic nitrogens is 2. The second-order valence-corrected chi connectivity index (χ2v) is 9.21. The molecule has 0 aliphatic carbocycles. The van der Waals surface area contributed by atoms with Gasteiger partial charge in [0, 0.05) is 16.2 Å². The molecule has 5 heteroatoms. The fourth-order valence-corrected chi connectivity index (χ4v) is 5.14. The second-order valence-electron chi connectivity index (χ2n) is 9.21. The highest BCUT2D eigenvalue weighted by Gasteiger charge is 2.43. The molecule has 0 spiro atoms. The number of pyridine rings is 1. The summed E-state index contributed by atoms with van der Waals surface area (Å²) >= 11 is 0. The van der Waals surface area contributed by atoms with Gasteiger partial charge in [-0.1, -0.05) is 67.2 Å². The van der Waals surface area contributed by atoms with E-state index < -0.39 is 12.7 Å². The van der Waals surface area contributed by atoms with E-state index in [0.717, 1.165) is 49.2 Å². The number of fused-ring (bicyclic) bond motifs is 10. The maximum Gasteiger partial charge on any atom is 0.564 e. The molecule has 33 heavy (non-hydrogen) atoms. The molecule has 3 heterocycles. The monoisotopic (exact) mass is 428 g/mol. The lowest BCUT2D eigenvalue weighted by molar-refractivity contribution is 0.173. The van der Waals surface area contributed by atoms with Crippen molar-refractivity contribution in [1.29, 1.82) is 0 Å². The molecular weight excluding hydrogens is 407 g/mol. The zero-order valence-electron chi connectivity index (χ0n) is 18.5. The van der Waals surface area contributed by atoms with E-state index in [1.807, 2.05) is 19.9 Å². The van der Waals surface area contributed by atoms with Gasteiger partial charge in [0.25, 0.3) is 0 Å². The molecule has 1 aliphatic rings. The molecule has 0 N–H and O–H groups in total. The minimum atomic E-state index is -0.534. The van der Waals surface area contributed by atoms with Crippen molar-refractivity contribution in [2.75, 3.05) is 0 Å². The molecule has 4 nitrogen and oxygen atoms in total. The van der Waals surface area contributed by atoms with E-state index in [0.29, 0.717) is 5.76 Å². The van der Waals surface area contributed by atoms with Crippen molar-refractivity contribution in [2.24, 2.45) is 0 Å². The highest BCUT2D eigenvalue weighted by atomic mass is 16.7. The molecule has 0 amide bonds. The number of para-hydroxylation sites is 3. The van der Waals surface area contributed by atoms with Crippen LogP contribution in [0.3, 0.4) is 0 Å². The molecule has 0 atom stereocenters. The Morgan fingerprint density at radius 3 is 2.24 bits per heavy atom. The van der Waals surface area contributed by atoms with Crippen molar-refractivity contribution < 1.29 is 9.31 Å². The molecule has 0 radical (unpaired) electrons. The van der Waals surface area contributed by atoms with Gasteiger partial charge in [0.15, 0.2) is 0 Å². The second kappa shape index (κ2) is 6.36. The van der Waals surface area contributed by atoms with E-state index in [1.165, 1.54) is 5.39 Å². The van der Waals surface area contributed by atoms with Crippen LogP contribution in [0.15, 0.2) is 91.2 Å². The van der Waals surface area contributed by atoms with E-state index in [4.69, 9.17) is 14.3 Å². The Balaban J connectivity index is 1.71. The summed E-state index contributed by atoms with van der Waals surface area (Å²) in [7, 11) is -0.504. The normalized spacial score (nSPS) is 15.9. The van der Waals surface area contributed by atoms with Crippen LogP contribution in [0.25, 0.3) is 49.1 Å². The zero-order chi connectivity index (χ0) is 22.3. The SMILES string of the molecule is C=C1OB(c2cc3c4ccccc4n4c5ccccc5nc4c3c3ccccc23)OC1(C)C. The Bertz CT molecular complexity index is 1780. The predicted molar refractivity (Wildman–Crippen MR) is 136 cm³/mol. The summed E-state index contributed by atoms with van der Waals surface area (Å²) in [6.45, 7) is 8.07. The summed E-state index contributed by atoms with van der Waals surface area (Å²) in [5.41, 5.74) is 4.67. The Hall–Kier alpha value is -3.83. The zero-order valence-corrected chi connectivity index (χ0v) is 18.5. The molecule has 4 aromatic carbocycles. The standard InChI is InChI=1S/C28H21BN2O2/c1-17-28(2,3)33-29(32-17)22-16-21-19-11-6-8-14-24(19)31-25-15-9-7-13-23(25)30-27(31)26(21)20-12-5-4-10-18(20)22/h4-16H,1H2,2-3H3. The first-order valence-corrected chi connectivity index (χ1v) is 11.2. The maximum absolute atomic E-state index is 6.31. The van der Waals surface area contributed by atoms with Gasteiger partial charge in [0.2, 0.25) is 0 Å². The van der Waals surface area contributed by atoms with Crippen LogP contribution < -0.4 is 5.46 Å². The van der Waals surface area contributed by atoms with E-state index in [9.17, 15) is 0 Å². The highest BCUT2D eigenvalue weighted by molar-refractivity contribution is 6.66. The Kier molecular flexibility index (Phi) is 3.61. The van der Waals surface area contributed by atoms with Crippen LogP contribution in [0.1, 0.15) is 13.8 Å². The molecule has 0 bridgehead atoms. The van der Waals surface area contributed by atoms with E-state index in [-0.39, 0.29) is 0 Å². The fraction of sp³-hybridized carbons (Fsp3) is 0.107. The van der Waals surface area contributed by atoms with Crippen molar-refractivity contribution in [3.8, 4) is 0 Å². The Morgan fingerprint density at radius 2 is 1.48 bits per heavy atom. The van der Waals surface area contributed by atoms with Gasteiger partial charge < -0.3 is 9.31 Å². The molecule has 0 saturated carbocycles. The Labute approximate surface area is 191 Å². The van der Waals surface area contributed by atoms with Gasteiger partial charge in [0.05, 0.1) is 22.3 Å². The van der Waals surface area contributed by atoms with Gasteiger partial charge in [0.1, 0.15) is 11.2 Å². The first-order valence-electron chi connectivity index (χ1n) is 11.2. The van der Waals surface area contributed by atoms with Crippen LogP contribution in [0, 0.1) is 0 Å². The Morgan fingerprint density at radius 1 is 0.818 bits per heavy atom. The van der Waals surface area contributed by atoms with Crippen molar-refractivity contribution in [3.63, 3.8) is 0 Å². The van der Waals surface area contributed by atoms with E-state index in [2.05, 4.69) is 83.8 Å². The van der Waals surface area contributed by atoms with Gasteiger partial charge in [-0.05, 0) is 48.2 Å². The third-order valence-electron chi connectivity index (χ3n) is 6.87. The van der Waals surface area contributed by atoms with Crippen LogP contribution in [0.4, 0.5) is 0 Å². The number of imidazole rings is 1. The number of rotatable bonds is 1. The summed E-state index contributed by atoms with van der Waals surface area (Å²) in [5.74, 6) is 0.650. The van der Waals surface area contributed by atoms with Crippen LogP contribution in [0.5, 0.6) is 0 Å². The van der Waals surface area contributed by atoms with Crippen molar-refractivity contribution in [3.05, 3.63) is 91.2 Å². The smallest absolute Gasteiger partial charge is 0.534 e. The number of nitrogens with zero attached hydrogens (tertiary/aromatic N) is 2. The van der Waals surface area contributed by atoms with Crippen molar-refractivity contribution >= 4 is 61.7 Å². The topological polar surface area (TPSA) is 35.8 Å². The number of benzene rings is 4. The quantitative estimate of drug-likeness (QED) is 0.239. The minimum absolute atomic E-state index is 0.504. The van der Waals surface area contributed by atoms with Gasteiger partial charge in [-0.2, -0.15) is 0 Å². The molecule has 7 rings (SSSR count). The van der Waals surface area contributed by atoms with Gasteiger partial charge >= 0.3 is 7.12 Å². The summed E-state index contributed by atoms with van der Waals surface area (Å²) in [4.78, 5) is 5.09. The first kappa shape index (κ1) is 18.7. The molecule has 1 fully saturated rings. The molecular formula is C28H21BN2O2. The molecule has 1 aliphatic heterocycles. The molecule has 158 valence electrons. The number of hydrogen-bond acceptors (Lipinski definition) is 3. The molecule has 6 aromatic rings. The average molecular weight is 428 g/mol. The molecule has 2 aromatic heterocycles. The third-order valence-corrected chi connectivity index (χ3v) is 6.87. The lowest BCUT2D eigenvalue weighted by Crippen LogP contribution is -2.35. The summed E-state index contributed by atoms with van der Waals surface area (Å²) < 4.78 is 14.7. The highest BCUT2D eigenvalue weighted by Crippen LogP contribution is 2.37. The largest absolute Gasteiger partial charge is 0.564 e. The summed E-state index contributed by atoms with van der Waals surface area (Å²) in [6, 6.07) is 27.5. The predicted octanol–water partition coefficient (Wildman–Crippen LogP) is 5.98. The first-order chi connectivity index (χ1) is 16.0. The lowest BCUT2D eigenvalue weighted by atomic mass is 9.74. The van der Waals surface area contributed by atoms with Crippen molar-refractivity contribution in [1.82, 2.24) is 9.38 Å². The fourth-order valence-electron chi connectivity index (χ4n) is 5.14. The average Bonchev–Trinajstić information content (AvgIpc) is 3.35. The maximum atomic E-state index is 6.31. The van der Waals surface area contributed by atoms with Crippen LogP contribution >= 0.6 is 0 Å². The third kappa shape index (κ3) is 2.48. The van der Waals surface area contributed by atoms with E-state index >= 15 is 0 Å². The van der Waals surface area contributed by atoms with Crippen LogP contribution in [0.2, 0.25) is 0 Å².